The second-order valence-corrected chi connectivity index (χ2v) is 26.6. The summed E-state index contributed by atoms with van der Waals surface area (Å²) in [5.41, 5.74) is 6.50. The van der Waals surface area contributed by atoms with Crippen molar-refractivity contribution in [1.29, 1.82) is 0 Å². The number of nitrogens with two attached hydrogens (primary N) is 1. The van der Waals surface area contributed by atoms with Gasteiger partial charge in [0.05, 0.1) is 12.6 Å². The smallest absolute Gasteiger partial charge is 0.246 e. The Balaban J connectivity index is 3.64. The zero-order valence-corrected chi connectivity index (χ0v) is 58.7. The van der Waals surface area contributed by atoms with Crippen molar-refractivity contribution in [2.75, 3.05) is 55.9 Å². The number of hydrogen-bond acceptors (Lipinski definition) is 12. The minimum absolute atomic E-state index is 0.0358. The van der Waals surface area contributed by atoms with Crippen LogP contribution in [0.3, 0.4) is 0 Å². The maximum Gasteiger partial charge on any atom is 0.246 e. The molecule has 0 saturated heterocycles. The molecular formula is C67H115N11O12. The molecular weight excluding hydrogens is 1150 g/mol. The van der Waals surface area contributed by atoms with Gasteiger partial charge in [-0.2, -0.15) is 0 Å². The first-order chi connectivity index (χ1) is 41.7. The Morgan fingerprint density at radius 1 is 0.500 bits per heavy atom. The van der Waals surface area contributed by atoms with Gasteiger partial charge in [-0.3, -0.25) is 52.7 Å². The molecule has 0 spiro atoms. The number of likely N-dealkylation sites (N-methyl/N-ethyl adjacent to an activating group) is 7. The molecule has 1 unspecified atom stereocenters. The summed E-state index contributed by atoms with van der Waals surface area (Å²) in [5, 5.41) is 20.3. The lowest BCUT2D eigenvalue weighted by molar-refractivity contribution is -0.157. The highest BCUT2D eigenvalue weighted by atomic mass is 16.3. The number of carbonyl (C=O) groups excluding carboxylic acids is 11. The zero-order chi connectivity index (χ0) is 69.5. The van der Waals surface area contributed by atoms with E-state index in [1.807, 2.05) is 68.4 Å². The molecule has 0 fully saturated rings. The highest BCUT2D eigenvalue weighted by Gasteiger charge is 2.45. The number of primary amides is 1. The molecule has 1 aromatic carbocycles. The maximum atomic E-state index is 15.2. The van der Waals surface area contributed by atoms with E-state index in [1.165, 1.54) is 73.7 Å². The van der Waals surface area contributed by atoms with Crippen molar-refractivity contribution in [2.45, 2.75) is 216 Å². The summed E-state index contributed by atoms with van der Waals surface area (Å²) in [6.07, 6.45) is 3.39. The third-order valence-electron chi connectivity index (χ3n) is 17.1. The molecule has 23 heteroatoms. The Bertz CT molecular complexity index is 2580. The van der Waals surface area contributed by atoms with Crippen molar-refractivity contribution < 1.29 is 57.8 Å². The van der Waals surface area contributed by atoms with Crippen molar-refractivity contribution in [3.8, 4) is 0 Å². The summed E-state index contributed by atoms with van der Waals surface area (Å²) in [6, 6.07) is -1.54. The maximum absolute atomic E-state index is 15.2. The summed E-state index contributed by atoms with van der Waals surface area (Å²) in [6.45, 7) is 28.4. The van der Waals surface area contributed by atoms with E-state index < -0.39 is 138 Å². The van der Waals surface area contributed by atoms with Crippen molar-refractivity contribution >= 4 is 65.0 Å². The number of amides is 11. The molecule has 0 heterocycles. The largest absolute Gasteiger partial charge is 0.390 e. The average Bonchev–Trinajstić information content (AvgIpc) is 0.855. The van der Waals surface area contributed by atoms with E-state index in [4.69, 9.17) is 5.73 Å². The number of nitrogens with one attached hydrogen (secondary N) is 3. The van der Waals surface area contributed by atoms with E-state index in [-0.39, 0.29) is 67.6 Å². The lowest BCUT2D eigenvalue weighted by Gasteiger charge is -2.41. The van der Waals surface area contributed by atoms with E-state index in [1.54, 1.807) is 85.0 Å². The van der Waals surface area contributed by atoms with Crippen molar-refractivity contribution in [3.63, 3.8) is 0 Å². The average molecular weight is 1270 g/mol. The monoisotopic (exact) mass is 1270 g/mol. The quantitative estimate of drug-likeness (QED) is 0.0577. The first-order valence-corrected chi connectivity index (χ1v) is 32.1. The molecule has 0 aromatic heterocycles. The Morgan fingerprint density at radius 3 is 1.41 bits per heavy atom. The van der Waals surface area contributed by atoms with Gasteiger partial charge >= 0.3 is 0 Å². The second-order valence-electron chi connectivity index (χ2n) is 26.6. The van der Waals surface area contributed by atoms with Gasteiger partial charge in [-0.1, -0.05) is 139 Å². The first kappa shape index (κ1) is 81.1. The van der Waals surface area contributed by atoms with Gasteiger partial charge in [-0.25, -0.2) is 0 Å². The van der Waals surface area contributed by atoms with E-state index in [0.717, 1.165) is 15.4 Å². The molecule has 0 aliphatic heterocycles. The number of carbonyl (C=O) groups is 11. The molecule has 6 N–H and O–H groups in total. The van der Waals surface area contributed by atoms with Gasteiger partial charge in [-0.05, 0) is 93.4 Å². The van der Waals surface area contributed by atoms with Crippen LogP contribution in [0.1, 0.15) is 155 Å². The third kappa shape index (κ3) is 23.4. The van der Waals surface area contributed by atoms with Gasteiger partial charge in [0.1, 0.15) is 54.4 Å². The van der Waals surface area contributed by atoms with Crippen LogP contribution in [-0.4, -0.2) is 221 Å². The van der Waals surface area contributed by atoms with Crippen molar-refractivity contribution in [2.24, 2.45) is 47.2 Å². The molecule has 0 radical (unpaired) electrons. The Labute approximate surface area is 538 Å². The molecule has 0 bridgehead atoms. The van der Waals surface area contributed by atoms with Crippen LogP contribution in [0.4, 0.5) is 0 Å². The SMILES string of the molecule is C/C=C/C[C@@H](C)[C@H](O)C(C(=O)N[C@H](CC)C(=O)N(C)CC(=O)N(C)[C@H](Cc1ccccc1)C(N)=O)N(C)C(=O)[C@@H](C(C)C)N(C)C(=O)[C@@H](CC(C)C)N(C)C(=O)[C@H](CC(C)C)N(C)C(=O)[C@H](C)NC(=O)[C@H](CC)NC(=O)[C@H](CC(C)C)N(C)C(=O)[C@H](C)C(C)C. The normalized spacial score (nSPS) is 15.7. The van der Waals surface area contributed by atoms with Crippen LogP contribution in [-0.2, 0) is 59.2 Å². The number of benzene rings is 1. The van der Waals surface area contributed by atoms with E-state index in [9.17, 15) is 43.5 Å². The van der Waals surface area contributed by atoms with Gasteiger partial charge in [0.2, 0.25) is 65.0 Å². The van der Waals surface area contributed by atoms with E-state index in [2.05, 4.69) is 16.0 Å². The second kappa shape index (κ2) is 38.1. The lowest BCUT2D eigenvalue weighted by atomic mass is 9.91. The number of rotatable bonds is 37. The highest BCUT2D eigenvalue weighted by Crippen LogP contribution is 2.26. The van der Waals surface area contributed by atoms with Crippen LogP contribution in [0.25, 0.3) is 0 Å². The van der Waals surface area contributed by atoms with Crippen LogP contribution in [0.2, 0.25) is 0 Å². The fourth-order valence-corrected chi connectivity index (χ4v) is 10.9. The fraction of sp³-hybridized carbons (Fsp3) is 0.716. The summed E-state index contributed by atoms with van der Waals surface area (Å²) in [4.78, 5) is 165. The Morgan fingerprint density at radius 2 is 0.956 bits per heavy atom. The number of nitrogens with zero attached hydrogens (tertiary/aromatic N) is 7. The van der Waals surface area contributed by atoms with Crippen LogP contribution < -0.4 is 21.7 Å². The molecule has 1 rings (SSSR count). The van der Waals surface area contributed by atoms with Crippen LogP contribution in [0.15, 0.2) is 42.5 Å². The third-order valence-corrected chi connectivity index (χ3v) is 17.1. The molecule has 0 aliphatic rings. The summed E-state index contributed by atoms with van der Waals surface area (Å²) >= 11 is 0. The predicted octanol–water partition coefficient (Wildman–Crippen LogP) is 4.48. The Kier molecular flexibility index (Phi) is 34.3. The molecule has 0 aliphatic carbocycles. The predicted molar refractivity (Wildman–Crippen MR) is 350 cm³/mol. The minimum atomic E-state index is -1.61. The van der Waals surface area contributed by atoms with Crippen LogP contribution in [0, 0.1) is 41.4 Å². The first-order valence-electron chi connectivity index (χ1n) is 32.1. The molecule has 0 saturated carbocycles. The number of aliphatic hydroxyl groups excluding tert-OH is 1. The van der Waals surface area contributed by atoms with Crippen LogP contribution in [0.5, 0.6) is 0 Å². The van der Waals surface area contributed by atoms with E-state index >= 15 is 14.4 Å². The molecule has 23 nitrogen and oxygen atoms in total. The van der Waals surface area contributed by atoms with Crippen molar-refractivity contribution in [1.82, 2.24) is 50.2 Å². The van der Waals surface area contributed by atoms with Gasteiger partial charge < -0.3 is 61.1 Å². The number of aliphatic hydroxyl groups is 1. The fourth-order valence-electron chi connectivity index (χ4n) is 10.9. The summed E-state index contributed by atoms with van der Waals surface area (Å²) < 4.78 is 0. The van der Waals surface area contributed by atoms with Crippen molar-refractivity contribution in [3.05, 3.63) is 48.0 Å². The lowest BCUT2D eigenvalue weighted by Crippen LogP contribution is -2.63. The van der Waals surface area contributed by atoms with Gasteiger partial charge in [-0.15, -0.1) is 0 Å². The molecule has 90 heavy (non-hydrogen) atoms. The van der Waals surface area contributed by atoms with E-state index in [0.29, 0.717) is 12.8 Å². The minimum Gasteiger partial charge on any atom is -0.390 e. The van der Waals surface area contributed by atoms with Crippen LogP contribution >= 0.6 is 0 Å². The molecule has 11 amide bonds. The molecule has 1 aromatic rings. The topological polar surface area (TPSA) is 293 Å². The molecule has 12 atom stereocenters. The highest BCUT2D eigenvalue weighted by molar-refractivity contribution is 5.99. The van der Waals surface area contributed by atoms with Gasteiger partial charge in [0.25, 0.3) is 0 Å². The standard InChI is InChI=1S/C67H115N11O12/c1-24-27-31-44(14)57(80)56(61(84)71-49(26-3)64(87)72(17)38-54(79)73(18)50(58(68)81)37-47-32-29-28-30-33-47)78(23)67(90)55(43(12)13)77(22)66(89)53(36-41(8)9)76(21)65(88)52(35-40(6)7)75(20)63(86)46(16)69-59(82)48(25-2)70-60(83)51(34-39(4)5)74(19)62(85)45(15)42(10)11/h24,27-30,32-33,39-46,48-53,55-57,80H,25-26,31,34-38H2,1-23H3,(H2,68,81)(H,69,82)(H,70,83)(H,71,84)/b27-24+/t44-,45-,46+,48+,49-,50-,51+,52+,53-,55-,56?,57+/m1/s1. The zero-order valence-electron chi connectivity index (χ0n) is 58.7. The number of hydrogen-bond donors (Lipinski definition) is 5. The van der Waals surface area contributed by atoms with Gasteiger partial charge in [0.15, 0.2) is 0 Å². The van der Waals surface area contributed by atoms with Gasteiger partial charge in [0, 0.05) is 61.7 Å². The summed E-state index contributed by atoms with van der Waals surface area (Å²) in [7, 11) is 10.1. The number of allylic oxidation sites excluding steroid dienone is 2. The molecule has 510 valence electrons. The Hall–Kier alpha value is -6.91. The summed E-state index contributed by atoms with van der Waals surface area (Å²) in [5.74, 6) is -8.52.